The van der Waals surface area contributed by atoms with Crippen molar-refractivity contribution >= 4 is 40.2 Å². The lowest BCUT2D eigenvalue weighted by molar-refractivity contribution is -0.145. The maximum Gasteiger partial charge on any atom is 0.316 e. The Labute approximate surface area is 166 Å². The molecule has 140 valence electrons. The zero-order chi connectivity index (χ0) is 19.7. The van der Waals surface area contributed by atoms with Crippen LogP contribution in [-0.4, -0.2) is 37.1 Å². The first-order chi connectivity index (χ1) is 13.6. The summed E-state index contributed by atoms with van der Waals surface area (Å²) >= 11 is 1.33. The van der Waals surface area contributed by atoms with Gasteiger partial charge in [0.1, 0.15) is 0 Å². The van der Waals surface area contributed by atoms with E-state index >= 15 is 0 Å². The number of benzene rings is 3. The lowest BCUT2D eigenvalue weighted by Gasteiger charge is -2.21. The number of rotatable bonds is 5. The minimum atomic E-state index is -0.463. The number of carbonyl (C=O) groups excluding carboxylic acids is 3. The topological polar surface area (TPSA) is 72.5 Å². The highest BCUT2D eigenvalue weighted by atomic mass is 32.2. The number of esters is 1. The Hall–Kier alpha value is -3.12. The Balaban J connectivity index is 1.67. The van der Waals surface area contributed by atoms with Gasteiger partial charge < -0.3 is 10.1 Å². The van der Waals surface area contributed by atoms with Gasteiger partial charge >= 0.3 is 5.97 Å². The highest BCUT2D eigenvalue weighted by Crippen LogP contribution is 2.42. The predicted molar refractivity (Wildman–Crippen MR) is 109 cm³/mol. The minimum absolute atomic E-state index is 0.0147. The molecule has 1 aliphatic carbocycles. The summed E-state index contributed by atoms with van der Waals surface area (Å²) in [6, 6.07) is 17.2. The number of ketones is 1. The molecule has 0 fully saturated rings. The third kappa shape index (κ3) is 3.16. The van der Waals surface area contributed by atoms with Gasteiger partial charge in [-0.1, -0.05) is 48.5 Å². The second-order valence-corrected chi connectivity index (χ2v) is 7.35. The number of ether oxygens (including phenoxy) is 1. The van der Waals surface area contributed by atoms with Crippen molar-refractivity contribution in [3.63, 3.8) is 0 Å². The third-order valence-electron chi connectivity index (χ3n) is 4.70. The highest BCUT2D eigenvalue weighted by Gasteiger charge is 2.25. The fourth-order valence-electron chi connectivity index (χ4n) is 3.38. The standard InChI is InChI=1S/C22H17NO4S/c1-23-19(24)11-27-20(25)12-28-18-10-9-14-13-5-2-3-6-15(13)22(26)17-8-4-7-16(18)21(14)17/h2-10H,11-12H2,1H3,(H,23,24). The highest BCUT2D eigenvalue weighted by molar-refractivity contribution is 8.00. The summed E-state index contributed by atoms with van der Waals surface area (Å²) < 4.78 is 4.95. The molecule has 1 aliphatic rings. The molecule has 0 bridgehead atoms. The van der Waals surface area contributed by atoms with Crippen LogP contribution in [0.15, 0.2) is 59.5 Å². The van der Waals surface area contributed by atoms with Gasteiger partial charge in [-0.05, 0) is 22.6 Å². The Morgan fingerprint density at radius 1 is 0.929 bits per heavy atom. The fraction of sp³-hybridized carbons (Fsp3) is 0.136. The van der Waals surface area contributed by atoms with E-state index in [9.17, 15) is 14.4 Å². The maximum atomic E-state index is 12.9. The first-order valence-corrected chi connectivity index (χ1v) is 9.77. The fourth-order valence-corrected chi connectivity index (χ4v) is 4.22. The Morgan fingerprint density at radius 3 is 2.46 bits per heavy atom. The number of hydrogen-bond acceptors (Lipinski definition) is 5. The molecule has 0 saturated heterocycles. The molecule has 3 aromatic carbocycles. The zero-order valence-electron chi connectivity index (χ0n) is 15.2. The molecule has 0 heterocycles. The summed E-state index contributed by atoms with van der Waals surface area (Å²) in [5.74, 6) is -0.714. The molecule has 0 radical (unpaired) electrons. The van der Waals surface area contributed by atoms with E-state index in [1.165, 1.54) is 18.8 Å². The summed E-state index contributed by atoms with van der Waals surface area (Å²) in [6.07, 6.45) is 0. The normalized spacial score (nSPS) is 11.8. The van der Waals surface area contributed by atoms with Crippen LogP contribution in [0.3, 0.4) is 0 Å². The van der Waals surface area contributed by atoms with Gasteiger partial charge in [0, 0.05) is 28.5 Å². The Bertz CT molecular complexity index is 1120. The molecule has 28 heavy (non-hydrogen) atoms. The third-order valence-corrected chi connectivity index (χ3v) is 5.74. The maximum absolute atomic E-state index is 12.9. The van der Waals surface area contributed by atoms with E-state index in [-0.39, 0.29) is 24.1 Å². The van der Waals surface area contributed by atoms with Crippen molar-refractivity contribution in [2.75, 3.05) is 19.4 Å². The van der Waals surface area contributed by atoms with Crippen LogP contribution in [0.2, 0.25) is 0 Å². The van der Waals surface area contributed by atoms with E-state index in [0.717, 1.165) is 26.8 Å². The number of carbonyl (C=O) groups is 3. The molecule has 0 spiro atoms. The van der Waals surface area contributed by atoms with Crippen molar-refractivity contribution in [2.45, 2.75) is 4.90 Å². The number of thioether (sulfide) groups is 1. The number of hydrogen-bond donors (Lipinski definition) is 1. The largest absolute Gasteiger partial charge is 0.455 e. The van der Waals surface area contributed by atoms with Crippen molar-refractivity contribution in [3.05, 3.63) is 65.7 Å². The van der Waals surface area contributed by atoms with Crippen LogP contribution in [-0.2, 0) is 14.3 Å². The predicted octanol–water partition coefficient (Wildman–Crippen LogP) is 3.43. The van der Waals surface area contributed by atoms with E-state index in [4.69, 9.17) is 4.74 Å². The van der Waals surface area contributed by atoms with Crippen LogP contribution in [0, 0.1) is 0 Å². The smallest absolute Gasteiger partial charge is 0.316 e. The van der Waals surface area contributed by atoms with E-state index in [1.54, 1.807) is 0 Å². The molecule has 3 aromatic rings. The van der Waals surface area contributed by atoms with Gasteiger partial charge in [0.2, 0.25) is 0 Å². The van der Waals surface area contributed by atoms with Crippen LogP contribution in [0.25, 0.3) is 21.9 Å². The van der Waals surface area contributed by atoms with Crippen molar-refractivity contribution < 1.29 is 19.1 Å². The molecule has 0 aliphatic heterocycles. The van der Waals surface area contributed by atoms with E-state index in [1.807, 2.05) is 54.6 Å². The van der Waals surface area contributed by atoms with Crippen molar-refractivity contribution in [1.82, 2.24) is 5.32 Å². The van der Waals surface area contributed by atoms with Gasteiger partial charge in [0.05, 0.1) is 5.75 Å². The van der Waals surface area contributed by atoms with E-state index < -0.39 is 5.97 Å². The molecule has 1 amide bonds. The molecule has 0 unspecified atom stereocenters. The molecule has 5 nitrogen and oxygen atoms in total. The Kier molecular flexibility index (Phi) is 4.88. The molecular formula is C22H17NO4S. The van der Waals surface area contributed by atoms with Gasteiger partial charge in [-0.15, -0.1) is 11.8 Å². The minimum Gasteiger partial charge on any atom is -0.455 e. The molecular weight excluding hydrogens is 374 g/mol. The van der Waals surface area contributed by atoms with Crippen molar-refractivity contribution in [3.8, 4) is 11.1 Å². The second-order valence-electron chi connectivity index (χ2n) is 6.34. The van der Waals surface area contributed by atoms with Gasteiger partial charge in [-0.3, -0.25) is 14.4 Å². The Morgan fingerprint density at radius 2 is 1.68 bits per heavy atom. The lowest BCUT2D eigenvalue weighted by Crippen LogP contribution is -2.25. The number of amides is 1. The molecule has 1 N–H and O–H groups in total. The molecule has 0 atom stereocenters. The second kappa shape index (κ2) is 7.48. The van der Waals surface area contributed by atoms with Crippen LogP contribution in [0.5, 0.6) is 0 Å². The molecule has 6 heteroatoms. The quantitative estimate of drug-likeness (QED) is 0.417. The molecule has 0 saturated carbocycles. The lowest BCUT2D eigenvalue weighted by atomic mass is 9.83. The molecule has 4 rings (SSSR count). The van der Waals surface area contributed by atoms with E-state index in [2.05, 4.69) is 5.32 Å². The number of nitrogens with one attached hydrogen (secondary N) is 1. The van der Waals surface area contributed by atoms with Gasteiger partial charge in [0.25, 0.3) is 5.91 Å². The van der Waals surface area contributed by atoms with Gasteiger partial charge in [-0.2, -0.15) is 0 Å². The molecule has 0 aromatic heterocycles. The van der Waals surface area contributed by atoms with Crippen LogP contribution in [0.4, 0.5) is 0 Å². The number of fused-ring (bicyclic) bond motifs is 2. The summed E-state index contributed by atoms with van der Waals surface area (Å²) in [5.41, 5.74) is 3.33. The number of likely N-dealkylation sites (N-methyl/N-ethyl adjacent to an activating group) is 1. The monoisotopic (exact) mass is 391 g/mol. The van der Waals surface area contributed by atoms with Crippen LogP contribution < -0.4 is 5.32 Å². The van der Waals surface area contributed by atoms with Crippen LogP contribution in [0.1, 0.15) is 15.9 Å². The van der Waals surface area contributed by atoms with Crippen molar-refractivity contribution in [2.24, 2.45) is 0 Å². The van der Waals surface area contributed by atoms with Gasteiger partial charge in [0.15, 0.2) is 12.4 Å². The zero-order valence-corrected chi connectivity index (χ0v) is 16.0. The summed E-state index contributed by atoms with van der Waals surface area (Å²) in [6.45, 7) is -0.287. The van der Waals surface area contributed by atoms with Crippen molar-refractivity contribution in [1.29, 1.82) is 0 Å². The average Bonchev–Trinajstić information content (AvgIpc) is 2.74. The SMILES string of the molecule is CNC(=O)COC(=O)CSc1ccc2c3c(cccc13)C(=O)c1ccccc1-2. The summed E-state index contributed by atoms with van der Waals surface area (Å²) in [7, 11) is 1.49. The first-order valence-electron chi connectivity index (χ1n) is 8.79. The summed E-state index contributed by atoms with van der Waals surface area (Å²) in [4.78, 5) is 36.9. The van der Waals surface area contributed by atoms with Crippen LogP contribution >= 0.6 is 11.8 Å². The average molecular weight is 391 g/mol. The van der Waals surface area contributed by atoms with E-state index in [0.29, 0.717) is 11.1 Å². The first kappa shape index (κ1) is 18.3. The summed E-state index contributed by atoms with van der Waals surface area (Å²) in [5, 5.41) is 4.25. The van der Waals surface area contributed by atoms with Gasteiger partial charge in [-0.25, -0.2) is 0 Å².